The molecule has 0 aromatic heterocycles. The lowest BCUT2D eigenvalue weighted by molar-refractivity contribution is 0.0702. The summed E-state index contributed by atoms with van der Waals surface area (Å²) < 4.78 is 10.3. The van der Waals surface area contributed by atoms with Gasteiger partial charge in [-0.25, -0.2) is 0 Å². The van der Waals surface area contributed by atoms with Crippen LogP contribution in [-0.2, 0) is 9.47 Å². The first kappa shape index (κ1) is 15.4. The standard InChI is InChI=1S/C15H22N2O2S/c1-18-10-11-19-9-5-8-16-15-17-14(12-20-15)13-6-3-2-4-7-13/h2-4,6-7,14H,5,8-12H2,1H3,(H,16,17). The van der Waals surface area contributed by atoms with Crippen molar-refractivity contribution in [1.29, 1.82) is 0 Å². The lowest BCUT2D eigenvalue weighted by Gasteiger charge is -2.09. The van der Waals surface area contributed by atoms with Gasteiger partial charge in [0.15, 0.2) is 5.17 Å². The second-order valence-corrected chi connectivity index (χ2v) is 5.57. The number of thioether (sulfide) groups is 1. The fourth-order valence-electron chi connectivity index (χ4n) is 1.94. The average molecular weight is 294 g/mol. The Morgan fingerprint density at radius 1 is 1.25 bits per heavy atom. The predicted octanol–water partition coefficient (Wildman–Crippen LogP) is 2.47. The number of rotatable bonds is 8. The van der Waals surface area contributed by atoms with E-state index in [0.29, 0.717) is 19.3 Å². The maximum absolute atomic E-state index is 5.41. The molecule has 1 aliphatic rings. The summed E-state index contributed by atoms with van der Waals surface area (Å²) in [5.41, 5.74) is 1.33. The van der Waals surface area contributed by atoms with Crippen LogP contribution >= 0.6 is 11.8 Å². The Morgan fingerprint density at radius 3 is 2.90 bits per heavy atom. The maximum atomic E-state index is 5.41. The van der Waals surface area contributed by atoms with Gasteiger partial charge in [0.2, 0.25) is 0 Å². The molecular formula is C15H22N2O2S. The molecule has 1 fully saturated rings. The molecule has 1 unspecified atom stereocenters. The van der Waals surface area contributed by atoms with E-state index in [0.717, 1.165) is 30.5 Å². The molecule has 1 aliphatic heterocycles. The van der Waals surface area contributed by atoms with Crippen molar-refractivity contribution in [2.45, 2.75) is 12.5 Å². The molecule has 0 aliphatic carbocycles. The van der Waals surface area contributed by atoms with Crippen LogP contribution in [0.5, 0.6) is 0 Å². The predicted molar refractivity (Wildman–Crippen MR) is 84.4 cm³/mol. The monoisotopic (exact) mass is 294 g/mol. The summed E-state index contributed by atoms with van der Waals surface area (Å²) in [6.45, 7) is 2.87. The molecule has 5 heteroatoms. The normalized spacial score (nSPS) is 20.2. The van der Waals surface area contributed by atoms with E-state index in [9.17, 15) is 0 Å². The zero-order chi connectivity index (χ0) is 14.0. The van der Waals surface area contributed by atoms with Gasteiger partial charge in [0, 0.05) is 26.0 Å². The molecular weight excluding hydrogens is 272 g/mol. The lowest BCUT2D eigenvalue weighted by Crippen LogP contribution is -2.19. The van der Waals surface area contributed by atoms with Crippen LogP contribution in [0.4, 0.5) is 0 Å². The second-order valence-electron chi connectivity index (χ2n) is 4.56. The minimum atomic E-state index is 0.387. The first-order valence-corrected chi connectivity index (χ1v) is 7.94. The Morgan fingerprint density at radius 2 is 2.10 bits per heavy atom. The molecule has 1 N–H and O–H groups in total. The van der Waals surface area contributed by atoms with Crippen LogP contribution in [0.1, 0.15) is 18.0 Å². The number of hydrogen-bond acceptors (Lipinski definition) is 4. The van der Waals surface area contributed by atoms with E-state index in [1.165, 1.54) is 5.56 Å². The highest BCUT2D eigenvalue weighted by atomic mass is 32.2. The number of ether oxygens (including phenoxy) is 2. The van der Waals surface area contributed by atoms with Crippen LogP contribution in [0, 0.1) is 0 Å². The largest absolute Gasteiger partial charge is 0.382 e. The second kappa shape index (κ2) is 9.00. The minimum absolute atomic E-state index is 0.387. The topological polar surface area (TPSA) is 42.9 Å². The van der Waals surface area contributed by atoms with Crippen molar-refractivity contribution < 1.29 is 9.47 Å². The zero-order valence-corrected chi connectivity index (χ0v) is 12.7. The van der Waals surface area contributed by atoms with Gasteiger partial charge < -0.3 is 14.8 Å². The summed E-state index contributed by atoms with van der Waals surface area (Å²) >= 11 is 1.80. The van der Waals surface area contributed by atoms with E-state index in [4.69, 9.17) is 9.47 Å². The Kier molecular flexibility index (Phi) is 6.91. The van der Waals surface area contributed by atoms with Gasteiger partial charge >= 0.3 is 0 Å². The summed E-state index contributed by atoms with van der Waals surface area (Å²) in [7, 11) is 1.68. The van der Waals surface area contributed by atoms with Crippen molar-refractivity contribution in [1.82, 2.24) is 5.32 Å². The van der Waals surface area contributed by atoms with Gasteiger partial charge in [-0.1, -0.05) is 42.1 Å². The number of nitrogens with one attached hydrogen (secondary N) is 1. The van der Waals surface area contributed by atoms with Crippen molar-refractivity contribution in [3.8, 4) is 0 Å². The Bertz CT molecular complexity index is 412. The lowest BCUT2D eigenvalue weighted by atomic mass is 10.1. The van der Waals surface area contributed by atoms with Gasteiger partial charge in [0.1, 0.15) is 0 Å². The molecule has 0 radical (unpaired) electrons. The van der Waals surface area contributed by atoms with E-state index in [1.807, 2.05) is 6.07 Å². The molecule has 0 amide bonds. The highest BCUT2D eigenvalue weighted by molar-refractivity contribution is 8.14. The molecule has 1 atom stereocenters. The zero-order valence-electron chi connectivity index (χ0n) is 11.9. The Hall–Kier alpha value is -1.04. The van der Waals surface area contributed by atoms with E-state index < -0.39 is 0 Å². The summed E-state index contributed by atoms with van der Waals surface area (Å²) in [5, 5.41) is 4.52. The van der Waals surface area contributed by atoms with Crippen molar-refractivity contribution in [2.75, 3.05) is 39.2 Å². The maximum Gasteiger partial charge on any atom is 0.157 e. The number of methoxy groups -OCH3 is 1. The first-order valence-electron chi connectivity index (χ1n) is 6.95. The molecule has 0 bridgehead atoms. The third kappa shape index (κ3) is 5.15. The molecule has 2 rings (SSSR count). The number of amidine groups is 1. The van der Waals surface area contributed by atoms with E-state index in [2.05, 4.69) is 34.6 Å². The first-order chi connectivity index (χ1) is 9.90. The van der Waals surface area contributed by atoms with Crippen LogP contribution < -0.4 is 5.32 Å². The molecule has 1 aromatic carbocycles. The molecule has 4 nitrogen and oxygen atoms in total. The van der Waals surface area contributed by atoms with Crippen LogP contribution in [0.15, 0.2) is 35.3 Å². The van der Waals surface area contributed by atoms with Gasteiger partial charge in [-0.15, -0.1) is 0 Å². The van der Waals surface area contributed by atoms with Crippen LogP contribution in [0.2, 0.25) is 0 Å². The summed E-state index contributed by atoms with van der Waals surface area (Å²) in [5.74, 6) is 1.05. The van der Waals surface area contributed by atoms with Crippen LogP contribution in [0.25, 0.3) is 0 Å². The molecule has 20 heavy (non-hydrogen) atoms. The van der Waals surface area contributed by atoms with Crippen LogP contribution in [-0.4, -0.2) is 44.4 Å². The number of aliphatic imine (C=N–C) groups is 1. The third-order valence-corrected chi connectivity index (χ3v) is 4.04. The molecule has 0 spiro atoms. The van der Waals surface area contributed by atoms with E-state index in [1.54, 1.807) is 18.9 Å². The number of benzene rings is 1. The quantitative estimate of drug-likeness (QED) is 0.748. The van der Waals surface area contributed by atoms with Crippen molar-refractivity contribution >= 4 is 16.9 Å². The highest BCUT2D eigenvalue weighted by Crippen LogP contribution is 2.25. The van der Waals surface area contributed by atoms with Crippen LogP contribution in [0.3, 0.4) is 0 Å². The average Bonchev–Trinajstić information content (AvgIpc) is 2.96. The van der Waals surface area contributed by atoms with Gasteiger partial charge in [-0.3, -0.25) is 4.99 Å². The van der Waals surface area contributed by atoms with Gasteiger partial charge in [-0.2, -0.15) is 0 Å². The van der Waals surface area contributed by atoms with Crippen molar-refractivity contribution in [3.63, 3.8) is 0 Å². The Balaban J connectivity index is 1.64. The van der Waals surface area contributed by atoms with E-state index >= 15 is 0 Å². The number of nitrogens with zero attached hydrogens (tertiary/aromatic N) is 1. The Labute approximate surface area is 125 Å². The third-order valence-electron chi connectivity index (χ3n) is 3.02. The van der Waals surface area contributed by atoms with E-state index in [-0.39, 0.29) is 0 Å². The molecule has 0 saturated carbocycles. The summed E-state index contributed by atoms with van der Waals surface area (Å²) in [4.78, 5) is 4.57. The SMILES string of the molecule is COCCOCCCN=C1NC(c2ccccc2)CS1. The fraction of sp³-hybridized carbons (Fsp3) is 0.533. The van der Waals surface area contributed by atoms with Crippen molar-refractivity contribution in [3.05, 3.63) is 35.9 Å². The van der Waals surface area contributed by atoms with Gasteiger partial charge in [-0.05, 0) is 12.0 Å². The molecule has 1 aromatic rings. The molecule has 1 saturated heterocycles. The van der Waals surface area contributed by atoms with Gasteiger partial charge in [0.05, 0.1) is 19.3 Å². The van der Waals surface area contributed by atoms with Crippen molar-refractivity contribution in [2.24, 2.45) is 4.99 Å². The van der Waals surface area contributed by atoms with Gasteiger partial charge in [0.25, 0.3) is 0 Å². The highest BCUT2D eigenvalue weighted by Gasteiger charge is 2.21. The minimum Gasteiger partial charge on any atom is -0.382 e. The molecule has 110 valence electrons. The molecule has 1 heterocycles. The smallest absolute Gasteiger partial charge is 0.157 e. The summed E-state index contributed by atoms with van der Waals surface area (Å²) in [6, 6.07) is 10.9. The number of hydrogen-bond donors (Lipinski definition) is 1. The fourth-order valence-corrected chi connectivity index (χ4v) is 2.95. The summed E-state index contributed by atoms with van der Waals surface area (Å²) in [6.07, 6.45) is 0.950.